The summed E-state index contributed by atoms with van der Waals surface area (Å²) in [6.45, 7) is 1.75. The van der Waals surface area contributed by atoms with Crippen LogP contribution in [0.15, 0.2) is 30.3 Å². The summed E-state index contributed by atoms with van der Waals surface area (Å²) in [6, 6.07) is 9.29. The second kappa shape index (κ2) is 7.81. The summed E-state index contributed by atoms with van der Waals surface area (Å²) in [5.74, 6) is -2.87. The molecule has 0 radical (unpaired) electrons. The summed E-state index contributed by atoms with van der Waals surface area (Å²) >= 11 is 0. The Morgan fingerprint density at radius 3 is 2.41 bits per heavy atom. The van der Waals surface area contributed by atoms with Crippen molar-refractivity contribution in [3.05, 3.63) is 35.9 Å². The van der Waals surface area contributed by atoms with E-state index in [1.165, 1.54) is 17.7 Å². The highest BCUT2D eigenvalue weighted by atomic mass is 16.6. The Kier molecular flexibility index (Phi) is 5.36. The maximum atomic E-state index is 13.5. The normalized spacial score (nSPS) is 25.5. The molecule has 1 heterocycles. The zero-order valence-corrected chi connectivity index (χ0v) is 16.9. The largest absolute Gasteiger partial charge is 0.481 e. The summed E-state index contributed by atoms with van der Waals surface area (Å²) in [6.07, 6.45) is 6.22. The molecule has 3 aliphatic rings. The molecule has 6 heteroatoms. The van der Waals surface area contributed by atoms with Crippen molar-refractivity contribution in [3.8, 4) is 0 Å². The number of carbonyl (C=O) groups is 3. The van der Waals surface area contributed by atoms with E-state index in [1.54, 1.807) is 6.92 Å². The topological polar surface area (TPSA) is 83.9 Å². The van der Waals surface area contributed by atoms with Crippen LogP contribution < -0.4 is 0 Å². The van der Waals surface area contributed by atoms with Gasteiger partial charge in [0.15, 0.2) is 0 Å². The van der Waals surface area contributed by atoms with Crippen molar-refractivity contribution in [2.24, 2.45) is 23.2 Å². The lowest BCUT2D eigenvalue weighted by Crippen LogP contribution is -2.48. The van der Waals surface area contributed by atoms with Gasteiger partial charge in [-0.05, 0) is 61.8 Å². The van der Waals surface area contributed by atoms with E-state index in [0.29, 0.717) is 11.8 Å². The Morgan fingerprint density at radius 1 is 1.17 bits per heavy atom. The zero-order valence-electron chi connectivity index (χ0n) is 16.9. The molecule has 4 rings (SSSR count). The van der Waals surface area contributed by atoms with Gasteiger partial charge in [-0.3, -0.25) is 9.59 Å². The van der Waals surface area contributed by atoms with Gasteiger partial charge < -0.3 is 9.84 Å². The minimum atomic E-state index is -0.984. The third-order valence-electron chi connectivity index (χ3n) is 7.28. The van der Waals surface area contributed by atoms with Gasteiger partial charge in [-0.2, -0.15) is 0 Å². The van der Waals surface area contributed by atoms with Crippen molar-refractivity contribution in [3.63, 3.8) is 0 Å². The molecule has 6 nitrogen and oxygen atoms in total. The minimum absolute atomic E-state index is 0.00519. The van der Waals surface area contributed by atoms with Crippen LogP contribution in [-0.2, 0) is 20.7 Å². The van der Waals surface area contributed by atoms with Crippen LogP contribution in [0.1, 0.15) is 51.0 Å². The molecule has 0 bridgehead atoms. The number of ether oxygens (including phenoxy) is 1. The van der Waals surface area contributed by atoms with Gasteiger partial charge in [-0.1, -0.05) is 37.3 Å². The average molecular weight is 399 g/mol. The first-order chi connectivity index (χ1) is 13.9. The molecular weight excluding hydrogens is 370 g/mol. The van der Waals surface area contributed by atoms with Crippen LogP contribution >= 0.6 is 0 Å². The fourth-order valence-corrected chi connectivity index (χ4v) is 5.19. The summed E-state index contributed by atoms with van der Waals surface area (Å²) in [4.78, 5) is 39.0. The van der Waals surface area contributed by atoms with Gasteiger partial charge in [0.1, 0.15) is 6.61 Å². The third kappa shape index (κ3) is 4.02. The summed E-state index contributed by atoms with van der Waals surface area (Å²) in [5.41, 5.74) is 1.48. The lowest BCUT2D eigenvalue weighted by Gasteiger charge is -2.37. The Morgan fingerprint density at radius 2 is 1.83 bits per heavy atom. The summed E-state index contributed by atoms with van der Waals surface area (Å²) in [7, 11) is 0. The number of cyclic esters (lactones) is 1. The molecule has 3 fully saturated rings. The standard InChI is InChI=1S/C23H29NO5/c1-15(21(26)27)19(17-7-9-23(10-8-17)11-12-23)20(25)24-18(14-29-22(24)28)13-16-5-3-2-4-6-16/h2-6,15,17-19H,7-14H2,1H3,(H,26,27)/t15?,18-,19-/m0/s1. The number of carboxylic acids is 1. The number of carbonyl (C=O) groups excluding carboxylic acids is 2. The SMILES string of the molecule is CC(C(=O)O)[C@H](C(=O)N1C(=O)OC[C@@H]1Cc1ccccc1)C1CCC2(CC1)CC2. The second-order valence-electron chi connectivity index (χ2n) is 9.12. The highest BCUT2D eigenvalue weighted by Gasteiger charge is 2.50. The maximum Gasteiger partial charge on any atom is 0.416 e. The van der Waals surface area contributed by atoms with E-state index >= 15 is 0 Å². The number of amides is 2. The molecule has 3 atom stereocenters. The molecule has 1 unspecified atom stereocenters. The molecule has 2 saturated carbocycles. The lowest BCUT2D eigenvalue weighted by atomic mass is 9.70. The monoisotopic (exact) mass is 399 g/mol. The van der Waals surface area contributed by atoms with Crippen molar-refractivity contribution in [2.45, 2.75) is 57.9 Å². The molecule has 1 aromatic rings. The first-order valence-electron chi connectivity index (χ1n) is 10.7. The van der Waals surface area contributed by atoms with Gasteiger partial charge in [0.05, 0.1) is 17.9 Å². The molecule has 2 aliphatic carbocycles. The van der Waals surface area contributed by atoms with Crippen molar-refractivity contribution >= 4 is 18.0 Å². The first-order valence-corrected chi connectivity index (χ1v) is 10.7. The molecule has 2 amide bonds. The Labute approximate surface area is 171 Å². The molecule has 1 aliphatic heterocycles. The number of benzene rings is 1. The Balaban J connectivity index is 1.54. The Hall–Kier alpha value is -2.37. The van der Waals surface area contributed by atoms with Crippen molar-refractivity contribution in [1.82, 2.24) is 4.90 Å². The van der Waals surface area contributed by atoms with Crippen LogP contribution in [0.5, 0.6) is 0 Å². The van der Waals surface area contributed by atoms with Gasteiger partial charge in [-0.25, -0.2) is 9.69 Å². The van der Waals surface area contributed by atoms with Gasteiger partial charge >= 0.3 is 12.1 Å². The van der Waals surface area contributed by atoms with Crippen LogP contribution in [0.2, 0.25) is 0 Å². The van der Waals surface area contributed by atoms with Crippen molar-refractivity contribution in [1.29, 1.82) is 0 Å². The molecule has 1 spiro atoms. The molecule has 1 saturated heterocycles. The van der Waals surface area contributed by atoms with E-state index in [1.807, 2.05) is 30.3 Å². The third-order valence-corrected chi connectivity index (χ3v) is 7.28. The van der Waals surface area contributed by atoms with Gasteiger partial charge in [0.25, 0.3) is 0 Å². The predicted molar refractivity (Wildman–Crippen MR) is 106 cm³/mol. The highest BCUT2D eigenvalue weighted by molar-refractivity contribution is 5.96. The number of nitrogens with zero attached hydrogens (tertiary/aromatic N) is 1. The predicted octanol–water partition coefficient (Wildman–Crippen LogP) is 3.88. The van der Waals surface area contributed by atoms with E-state index in [0.717, 1.165) is 31.2 Å². The summed E-state index contributed by atoms with van der Waals surface area (Å²) in [5, 5.41) is 9.67. The molecule has 156 valence electrons. The molecule has 1 N–H and O–H groups in total. The highest BCUT2D eigenvalue weighted by Crippen LogP contribution is 2.58. The number of hydrogen-bond acceptors (Lipinski definition) is 4. The number of rotatable bonds is 6. The fourth-order valence-electron chi connectivity index (χ4n) is 5.19. The van der Waals surface area contributed by atoms with Gasteiger partial charge in [-0.15, -0.1) is 0 Å². The van der Waals surface area contributed by atoms with Crippen LogP contribution in [0.4, 0.5) is 4.79 Å². The molecule has 0 aromatic heterocycles. The van der Waals surface area contributed by atoms with E-state index in [4.69, 9.17) is 4.74 Å². The minimum Gasteiger partial charge on any atom is -0.481 e. The van der Waals surface area contributed by atoms with Crippen molar-refractivity contribution in [2.75, 3.05) is 6.61 Å². The van der Waals surface area contributed by atoms with Crippen LogP contribution in [0.3, 0.4) is 0 Å². The zero-order chi connectivity index (χ0) is 20.6. The lowest BCUT2D eigenvalue weighted by molar-refractivity contribution is -0.151. The van der Waals surface area contributed by atoms with Crippen molar-refractivity contribution < 1.29 is 24.2 Å². The fraction of sp³-hybridized carbons (Fsp3) is 0.609. The van der Waals surface area contributed by atoms with E-state index in [2.05, 4.69) is 0 Å². The van der Waals surface area contributed by atoms with Crippen LogP contribution in [-0.4, -0.2) is 40.6 Å². The number of carboxylic acid groups (broad SMARTS) is 1. The number of hydrogen-bond donors (Lipinski definition) is 1. The number of imide groups is 1. The average Bonchev–Trinajstić information content (AvgIpc) is 3.37. The van der Waals surface area contributed by atoms with E-state index in [9.17, 15) is 19.5 Å². The van der Waals surface area contributed by atoms with E-state index < -0.39 is 23.9 Å². The van der Waals surface area contributed by atoms with Gasteiger partial charge in [0.2, 0.25) is 5.91 Å². The number of aliphatic carboxylic acids is 1. The first kappa shape index (κ1) is 19.9. The van der Waals surface area contributed by atoms with Crippen LogP contribution in [0.25, 0.3) is 0 Å². The quantitative estimate of drug-likeness (QED) is 0.785. The van der Waals surface area contributed by atoms with Crippen LogP contribution in [0, 0.1) is 23.2 Å². The van der Waals surface area contributed by atoms with E-state index in [-0.39, 0.29) is 24.5 Å². The Bertz CT molecular complexity index is 778. The molecule has 1 aromatic carbocycles. The van der Waals surface area contributed by atoms with Gasteiger partial charge in [0, 0.05) is 0 Å². The second-order valence-corrected chi connectivity index (χ2v) is 9.12. The molecule has 29 heavy (non-hydrogen) atoms. The summed E-state index contributed by atoms with van der Waals surface area (Å²) < 4.78 is 5.21. The molecular formula is C23H29NO5. The maximum absolute atomic E-state index is 13.5. The smallest absolute Gasteiger partial charge is 0.416 e.